The average Bonchev–Trinajstić information content (AvgIpc) is 2.09. The van der Waals surface area contributed by atoms with Crippen molar-refractivity contribution < 1.29 is 17.7 Å². The van der Waals surface area contributed by atoms with Crippen LogP contribution in [0.25, 0.3) is 0 Å². The zero-order valence-corrected chi connectivity index (χ0v) is 8.47. The first-order valence-electron chi connectivity index (χ1n) is 3.30. The fraction of sp³-hybridized carbons (Fsp3) is 0.143. The Morgan fingerprint density at radius 1 is 1.46 bits per heavy atom. The van der Waals surface area contributed by atoms with Gasteiger partial charge in [-0.2, -0.15) is 8.42 Å². The van der Waals surface area contributed by atoms with Crippen molar-refractivity contribution >= 4 is 22.7 Å². The van der Waals surface area contributed by atoms with Gasteiger partial charge in [-0.15, -0.1) is 12.6 Å². The second kappa shape index (κ2) is 3.57. The normalized spacial score (nSPS) is 11.5. The van der Waals surface area contributed by atoms with Crippen molar-refractivity contribution in [2.24, 2.45) is 0 Å². The molecule has 0 aliphatic heterocycles. The molecule has 1 rings (SSSR count). The summed E-state index contributed by atoms with van der Waals surface area (Å²) < 4.78 is 26.5. The van der Waals surface area contributed by atoms with E-state index in [0.717, 1.165) is 13.2 Å². The molecule has 0 spiro atoms. The molecule has 72 valence electrons. The molecule has 0 amide bonds. The summed E-state index contributed by atoms with van der Waals surface area (Å²) in [7, 11) is -2.67. The largest absolute Gasteiger partial charge is 0.507 e. The second-order valence-corrected chi connectivity index (χ2v) is 4.47. The van der Waals surface area contributed by atoms with E-state index in [1.807, 2.05) is 0 Å². The molecule has 0 saturated heterocycles. The van der Waals surface area contributed by atoms with E-state index in [0.29, 0.717) is 4.90 Å². The molecule has 0 bridgehead atoms. The third kappa shape index (κ3) is 2.15. The molecule has 0 unspecified atom stereocenters. The Bertz CT molecular complexity index is 411. The van der Waals surface area contributed by atoms with Crippen LogP contribution in [0.1, 0.15) is 0 Å². The smallest absolute Gasteiger partial charge is 0.296 e. The quantitative estimate of drug-likeness (QED) is 0.577. The van der Waals surface area contributed by atoms with E-state index in [1.165, 1.54) is 12.1 Å². The summed E-state index contributed by atoms with van der Waals surface area (Å²) in [6, 6.07) is 3.77. The molecule has 0 saturated carbocycles. The zero-order valence-electron chi connectivity index (χ0n) is 6.76. The van der Waals surface area contributed by atoms with Gasteiger partial charge in [0.2, 0.25) is 0 Å². The lowest BCUT2D eigenvalue weighted by Crippen LogP contribution is -2.02. The summed E-state index contributed by atoms with van der Waals surface area (Å²) in [5.41, 5.74) is 0. The zero-order chi connectivity index (χ0) is 10.1. The van der Waals surface area contributed by atoms with Gasteiger partial charge in [-0.25, -0.2) is 0 Å². The Kier molecular flexibility index (Phi) is 2.84. The molecular formula is C7H8O4S2. The molecule has 0 fully saturated rings. The lowest BCUT2D eigenvalue weighted by atomic mass is 10.3. The molecule has 0 heterocycles. The highest BCUT2D eigenvalue weighted by atomic mass is 32.2. The van der Waals surface area contributed by atoms with Gasteiger partial charge in [-0.1, -0.05) is 0 Å². The van der Waals surface area contributed by atoms with Gasteiger partial charge in [0.15, 0.2) is 0 Å². The molecule has 0 aromatic heterocycles. The van der Waals surface area contributed by atoms with Crippen LogP contribution in [0, 0.1) is 0 Å². The van der Waals surface area contributed by atoms with E-state index >= 15 is 0 Å². The first-order chi connectivity index (χ1) is 5.97. The van der Waals surface area contributed by atoms with Gasteiger partial charge in [0, 0.05) is 11.0 Å². The van der Waals surface area contributed by atoms with Crippen LogP contribution < -0.4 is 0 Å². The second-order valence-electron chi connectivity index (χ2n) is 2.27. The van der Waals surface area contributed by atoms with E-state index in [-0.39, 0.29) is 10.6 Å². The molecule has 1 aromatic carbocycles. The molecular weight excluding hydrogens is 212 g/mol. The Morgan fingerprint density at radius 2 is 2.08 bits per heavy atom. The number of phenolic OH excluding ortho intramolecular Hbond substituents is 1. The third-order valence-electron chi connectivity index (χ3n) is 1.45. The van der Waals surface area contributed by atoms with Crippen LogP contribution in [0.5, 0.6) is 5.75 Å². The predicted octanol–water partition coefficient (Wildman–Crippen LogP) is 1.02. The van der Waals surface area contributed by atoms with Crippen LogP contribution in [-0.2, 0) is 14.3 Å². The molecule has 0 aliphatic carbocycles. The lowest BCUT2D eigenvalue weighted by molar-refractivity contribution is 0.396. The lowest BCUT2D eigenvalue weighted by Gasteiger charge is -2.02. The summed E-state index contributed by atoms with van der Waals surface area (Å²) in [4.78, 5) is 0.223. The van der Waals surface area contributed by atoms with Crippen LogP contribution in [0.2, 0.25) is 0 Å². The molecule has 13 heavy (non-hydrogen) atoms. The van der Waals surface area contributed by atoms with Crippen molar-refractivity contribution in [1.29, 1.82) is 0 Å². The van der Waals surface area contributed by atoms with Gasteiger partial charge < -0.3 is 5.11 Å². The van der Waals surface area contributed by atoms with E-state index in [9.17, 15) is 8.42 Å². The third-order valence-corrected chi connectivity index (χ3v) is 3.10. The maximum absolute atomic E-state index is 11.1. The van der Waals surface area contributed by atoms with Gasteiger partial charge in [0.05, 0.1) is 12.0 Å². The maximum atomic E-state index is 11.1. The monoisotopic (exact) mass is 220 g/mol. The summed E-state index contributed by atoms with van der Waals surface area (Å²) in [6.07, 6.45) is 0. The predicted molar refractivity (Wildman–Crippen MR) is 49.6 cm³/mol. The minimum Gasteiger partial charge on any atom is -0.507 e. The number of hydrogen-bond acceptors (Lipinski definition) is 5. The first-order valence-corrected chi connectivity index (χ1v) is 5.15. The number of rotatable bonds is 2. The molecule has 0 aliphatic rings. The SMILES string of the molecule is COS(=O)(=O)c1ccc(S)c(O)c1. The Labute approximate surface area is 81.7 Å². The van der Waals surface area contributed by atoms with E-state index in [4.69, 9.17) is 5.11 Å². The Hall–Kier alpha value is -0.720. The number of benzene rings is 1. The van der Waals surface area contributed by atoms with Gasteiger partial charge in [-0.3, -0.25) is 4.18 Å². The van der Waals surface area contributed by atoms with E-state index < -0.39 is 10.1 Å². The molecule has 0 radical (unpaired) electrons. The van der Waals surface area contributed by atoms with Crippen LogP contribution in [0.4, 0.5) is 0 Å². The number of hydrogen-bond donors (Lipinski definition) is 2. The topological polar surface area (TPSA) is 63.6 Å². The van der Waals surface area contributed by atoms with Gasteiger partial charge in [-0.05, 0) is 12.1 Å². The minimum atomic E-state index is -3.73. The molecule has 1 aromatic rings. The van der Waals surface area contributed by atoms with Crippen molar-refractivity contribution in [3.63, 3.8) is 0 Å². The molecule has 0 atom stereocenters. The van der Waals surface area contributed by atoms with Gasteiger partial charge in [0.1, 0.15) is 5.75 Å². The number of thiol groups is 1. The fourth-order valence-corrected chi connectivity index (χ4v) is 1.58. The van der Waals surface area contributed by atoms with Crippen molar-refractivity contribution in [2.75, 3.05) is 7.11 Å². The Morgan fingerprint density at radius 3 is 2.54 bits per heavy atom. The molecule has 1 N–H and O–H groups in total. The highest BCUT2D eigenvalue weighted by molar-refractivity contribution is 7.86. The molecule has 6 heteroatoms. The summed E-state index contributed by atoms with van der Waals surface area (Å²) >= 11 is 3.88. The van der Waals surface area contributed by atoms with Crippen LogP contribution in [0.3, 0.4) is 0 Å². The number of phenols is 1. The average molecular weight is 220 g/mol. The van der Waals surface area contributed by atoms with Crippen LogP contribution in [-0.4, -0.2) is 20.6 Å². The highest BCUT2D eigenvalue weighted by Gasteiger charge is 2.13. The van der Waals surface area contributed by atoms with Crippen LogP contribution >= 0.6 is 12.6 Å². The Balaban J connectivity index is 3.27. The summed E-state index contributed by atoms with van der Waals surface area (Å²) in [5, 5.41) is 9.16. The number of aromatic hydroxyl groups is 1. The standard InChI is InChI=1S/C7H8O4S2/c1-11-13(9,10)5-2-3-7(12)6(8)4-5/h2-4,8,12H,1H3. The van der Waals surface area contributed by atoms with Crippen molar-refractivity contribution in [3.05, 3.63) is 18.2 Å². The maximum Gasteiger partial charge on any atom is 0.296 e. The van der Waals surface area contributed by atoms with Gasteiger partial charge >= 0.3 is 0 Å². The molecule has 4 nitrogen and oxygen atoms in total. The van der Waals surface area contributed by atoms with E-state index in [1.54, 1.807) is 0 Å². The van der Waals surface area contributed by atoms with E-state index in [2.05, 4.69) is 16.8 Å². The summed E-state index contributed by atoms with van der Waals surface area (Å²) in [6.45, 7) is 0. The summed E-state index contributed by atoms with van der Waals surface area (Å²) in [5.74, 6) is -0.193. The van der Waals surface area contributed by atoms with Crippen molar-refractivity contribution in [1.82, 2.24) is 0 Å². The first kappa shape index (κ1) is 10.4. The van der Waals surface area contributed by atoms with Crippen molar-refractivity contribution in [3.8, 4) is 5.75 Å². The highest BCUT2D eigenvalue weighted by Crippen LogP contribution is 2.24. The fourth-order valence-electron chi connectivity index (χ4n) is 0.755. The van der Waals surface area contributed by atoms with Gasteiger partial charge in [0.25, 0.3) is 10.1 Å². The minimum absolute atomic E-state index is 0.0923. The van der Waals surface area contributed by atoms with Crippen molar-refractivity contribution in [2.45, 2.75) is 9.79 Å². The van der Waals surface area contributed by atoms with Crippen LogP contribution in [0.15, 0.2) is 28.0 Å².